The summed E-state index contributed by atoms with van der Waals surface area (Å²) in [5.74, 6) is 2.05. The van der Waals surface area contributed by atoms with Gasteiger partial charge >= 0.3 is 0 Å². The van der Waals surface area contributed by atoms with E-state index >= 15 is 0 Å². The van der Waals surface area contributed by atoms with Gasteiger partial charge in [0.1, 0.15) is 0 Å². The average Bonchev–Trinajstić information content (AvgIpc) is 3.08. The number of hydrogen-bond donors (Lipinski definition) is 0. The minimum atomic E-state index is 0.766. The molecule has 1 atom stereocenters. The summed E-state index contributed by atoms with van der Waals surface area (Å²) in [6, 6.07) is 9.84. The van der Waals surface area contributed by atoms with Crippen LogP contribution in [0.1, 0.15) is 31.2 Å². The van der Waals surface area contributed by atoms with Crippen molar-refractivity contribution in [2.45, 2.75) is 36.6 Å². The molecule has 16 heavy (non-hydrogen) atoms. The Morgan fingerprint density at radius 3 is 2.88 bits per heavy atom. The second-order valence-electron chi connectivity index (χ2n) is 4.86. The first-order chi connectivity index (χ1) is 7.88. The first-order valence-corrected chi connectivity index (χ1v) is 7.33. The first-order valence-electron chi connectivity index (χ1n) is 6.34. The second-order valence-corrected chi connectivity index (χ2v) is 5.93. The molecule has 1 aliphatic carbocycles. The maximum atomic E-state index is 2.67. The van der Waals surface area contributed by atoms with Crippen molar-refractivity contribution in [2.75, 3.05) is 18.8 Å². The molecule has 1 fully saturated rings. The lowest BCUT2D eigenvalue weighted by Crippen LogP contribution is -2.30. The summed E-state index contributed by atoms with van der Waals surface area (Å²) in [7, 11) is 0. The van der Waals surface area contributed by atoms with Gasteiger partial charge in [-0.1, -0.05) is 25.1 Å². The lowest BCUT2D eigenvalue weighted by molar-refractivity contribution is 0.265. The highest BCUT2D eigenvalue weighted by Crippen LogP contribution is 2.40. The Hall–Kier alpha value is -0.470. The Bertz CT molecular complexity index is 373. The molecule has 1 aromatic rings. The van der Waals surface area contributed by atoms with Crippen molar-refractivity contribution >= 4 is 11.8 Å². The van der Waals surface area contributed by atoms with Gasteiger partial charge in [-0.25, -0.2) is 0 Å². The molecule has 1 heterocycles. The second kappa shape index (κ2) is 4.42. The van der Waals surface area contributed by atoms with E-state index in [1.54, 1.807) is 5.56 Å². The summed E-state index contributed by atoms with van der Waals surface area (Å²) in [5.41, 5.74) is 1.59. The summed E-state index contributed by atoms with van der Waals surface area (Å²) in [4.78, 5) is 4.19. The summed E-state index contributed by atoms with van der Waals surface area (Å²) < 4.78 is 0. The van der Waals surface area contributed by atoms with Crippen LogP contribution >= 0.6 is 11.8 Å². The third kappa shape index (κ3) is 2.01. The fourth-order valence-corrected chi connectivity index (χ4v) is 3.88. The highest BCUT2D eigenvalue weighted by atomic mass is 32.2. The summed E-state index contributed by atoms with van der Waals surface area (Å²) in [5, 5.41) is 0. The number of fused-ring (bicyclic) bond motifs is 1. The van der Waals surface area contributed by atoms with Gasteiger partial charge < -0.3 is 4.90 Å². The van der Waals surface area contributed by atoms with Crippen molar-refractivity contribution in [3.63, 3.8) is 0 Å². The highest BCUT2D eigenvalue weighted by molar-refractivity contribution is 7.99. The standard InChI is InChI=1S/C14H19NS/c1-2-15(12-7-8-12)9-11-10-16-14-6-4-3-5-13(11)14/h3-6,11-12H,2,7-10H2,1H3. The van der Waals surface area contributed by atoms with Gasteiger partial charge in [-0.05, 0) is 31.0 Å². The summed E-state index contributed by atoms with van der Waals surface area (Å²) in [6.07, 6.45) is 2.85. The van der Waals surface area contributed by atoms with Crippen LogP contribution in [0.4, 0.5) is 0 Å². The van der Waals surface area contributed by atoms with Gasteiger partial charge in [-0.3, -0.25) is 0 Å². The molecule has 2 heteroatoms. The minimum Gasteiger partial charge on any atom is -0.300 e. The highest BCUT2D eigenvalue weighted by Gasteiger charge is 2.31. The van der Waals surface area contributed by atoms with Gasteiger partial charge in [0.2, 0.25) is 0 Å². The third-order valence-corrected chi connectivity index (χ3v) is 4.98. The van der Waals surface area contributed by atoms with Crippen LogP contribution in [0, 0.1) is 0 Å². The van der Waals surface area contributed by atoms with E-state index in [2.05, 4.69) is 36.1 Å². The van der Waals surface area contributed by atoms with Crippen molar-refractivity contribution in [3.05, 3.63) is 29.8 Å². The minimum absolute atomic E-state index is 0.766. The third-order valence-electron chi connectivity index (χ3n) is 3.72. The average molecular weight is 233 g/mol. The molecule has 1 saturated carbocycles. The molecule has 1 aromatic carbocycles. The van der Waals surface area contributed by atoms with Crippen molar-refractivity contribution in [2.24, 2.45) is 0 Å². The van der Waals surface area contributed by atoms with Gasteiger partial charge in [-0.2, -0.15) is 0 Å². The van der Waals surface area contributed by atoms with Crippen LogP contribution in [-0.4, -0.2) is 29.8 Å². The Labute approximate surface area is 102 Å². The van der Waals surface area contributed by atoms with E-state index in [4.69, 9.17) is 0 Å². The number of likely N-dealkylation sites (N-methyl/N-ethyl adjacent to an activating group) is 1. The molecule has 86 valence electrons. The maximum absolute atomic E-state index is 2.67. The molecular weight excluding hydrogens is 214 g/mol. The van der Waals surface area contributed by atoms with E-state index in [0.717, 1.165) is 12.0 Å². The van der Waals surface area contributed by atoms with Gasteiger partial charge in [0.05, 0.1) is 0 Å². The summed E-state index contributed by atoms with van der Waals surface area (Å²) in [6.45, 7) is 4.78. The normalized spacial score (nSPS) is 23.8. The number of nitrogens with zero attached hydrogens (tertiary/aromatic N) is 1. The van der Waals surface area contributed by atoms with E-state index in [1.165, 1.54) is 36.6 Å². The molecule has 0 N–H and O–H groups in total. The van der Waals surface area contributed by atoms with Crippen LogP contribution in [0.3, 0.4) is 0 Å². The van der Waals surface area contributed by atoms with Gasteiger partial charge in [0.15, 0.2) is 0 Å². The van der Waals surface area contributed by atoms with Crippen molar-refractivity contribution in [1.82, 2.24) is 4.90 Å². The van der Waals surface area contributed by atoms with E-state index in [1.807, 2.05) is 11.8 Å². The quantitative estimate of drug-likeness (QED) is 0.784. The van der Waals surface area contributed by atoms with Crippen LogP contribution in [0.5, 0.6) is 0 Å². The van der Waals surface area contributed by atoms with Crippen LogP contribution in [0.2, 0.25) is 0 Å². The number of rotatable bonds is 4. The molecule has 3 rings (SSSR count). The summed E-state index contributed by atoms with van der Waals surface area (Å²) >= 11 is 2.03. The number of benzene rings is 1. The van der Waals surface area contributed by atoms with Crippen molar-refractivity contribution in [1.29, 1.82) is 0 Å². The molecule has 0 amide bonds. The molecule has 1 nitrogen and oxygen atoms in total. The Morgan fingerprint density at radius 2 is 2.12 bits per heavy atom. The number of hydrogen-bond acceptors (Lipinski definition) is 2. The molecular formula is C14H19NS. The van der Waals surface area contributed by atoms with Crippen molar-refractivity contribution in [3.8, 4) is 0 Å². The van der Waals surface area contributed by atoms with Gasteiger partial charge in [0.25, 0.3) is 0 Å². The molecule has 0 bridgehead atoms. The van der Waals surface area contributed by atoms with Crippen LogP contribution in [0.15, 0.2) is 29.2 Å². The first kappa shape index (κ1) is 10.7. The SMILES string of the molecule is CCN(CC1CSc2ccccc21)C1CC1. The van der Waals surface area contributed by atoms with Gasteiger partial charge in [0, 0.05) is 29.2 Å². The topological polar surface area (TPSA) is 3.24 Å². The largest absolute Gasteiger partial charge is 0.300 e. The van der Waals surface area contributed by atoms with E-state index in [-0.39, 0.29) is 0 Å². The smallest absolute Gasteiger partial charge is 0.0108 e. The van der Waals surface area contributed by atoms with E-state index < -0.39 is 0 Å². The zero-order valence-corrected chi connectivity index (χ0v) is 10.7. The molecule has 0 radical (unpaired) electrons. The monoisotopic (exact) mass is 233 g/mol. The lowest BCUT2D eigenvalue weighted by Gasteiger charge is -2.23. The Kier molecular flexibility index (Phi) is 2.95. The molecule has 0 aromatic heterocycles. The molecule has 2 aliphatic rings. The van der Waals surface area contributed by atoms with Crippen LogP contribution in [0.25, 0.3) is 0 Å². The predicted molar refractivity (Wildman–Crippen MR) is 70.2 cm³/mol. The molecule has 1 aliphatic heterocycles. The zero-order chi connectivity index (χ0) is 11.0. The lowest BCUT2D eigenvalue weighted by atomic mass is 10.0. The Morgan fingerprint density at radius 1 is 1.31 bits per heavy atom. The van der Waals surface area contributed by atoms with E-state index in [0.29, 0.717) is 0 Å². The molecule has 1 unspecified atom stereocenters. The fourth-order valence-electron chi connectivity index (χ4n) is 2.64. The van der Waals surface area contributed by atoms with Crippen LogP contribution < -0.4 is 0 Å². The Balaban J connectivity index is 1.72. The van der Waals surface area contributed by atoms with Crippen LogP contribution in [-0.2, 0) is 0 Å². The molecule has 0 saturated heterocycles. The number of thioether (sulfide) groups is 1. The van der Waals surface area contributed by atoms with Gasteiger partial charge in [-0.15, -0.1) is 11.8 Å². The fraction of sp³-hybridized carbons (Fsp3) is 0.571. The predicted octanol–water partition coefficient (Wildman–Crippen LogP) is 3.36. The van der Waals surface area contributed by atoms with Crippen molar-refractivity contribution < 1.29 is 0 Å². The zero-order valence-electron chi connectivity index (χ0n) is 9.86. The van der Waals surface area contributed by atoms with E-state index in [9.17, 15) is 0 Å². The maximum Gasteiger partial charge on any atom is 0.0108 e. The molecule has 0 spiro atoms.